The minimum absolute atomic E-state index is 0.144. The van der Waals surface area contributed by atoms with Crippen LogP contribution in [0.3, 0.4) is 0 Å². The molecular weight excluding hydrogens is 489 g/mol. The molecule has 0 radical (unpaired) electrons. The van der Waals surface area contributed by atoms with Gasteiger partial charge in [0.15, 0.2) is 11.6 Å². The van der Waals surface area contributed by atoms with Crippen LogP contribution in [0, 0.1) is 29.3 Å². The number of carbonyl (C=O) groups is 1. The van der Waals surface area contributed by atoms with Gasteiger partial charge in [-0.05, 0) is 48.0 Å². The predicted molar refractivity (Wildman–Crippen MR) is 120 cm³/mol. The summed E-state index contributed by atoms with van der Waals surface area (Å²) in [6.07, 6.45) is 1.07. The van der Waals surface area contributed by atoms with Crippen molar-refractivity contribution in [1.29, 1.82) is 0 Å². The Bertz CT molecular complexity index is 1550. The van der Waals surface area contributed by atoms with E-state index in [0.29, 0.717) is 16.0 Å². The van der Waals surface area contributed by atoms with Gasteiger partial charge in [-0.2, -0.15) is 4.72 Å². The van der Waals surface area contributed by atoms with Crippen molar-refractivity contribution in [2.75, 3.05) is 0 Å². The first-order valence-corrected chi connectivity index (χ1v) is 12.0. The van der Waals surface area contributed by atoms with Crippen molar-refractivity contribution >= 4 is 38.2 Å². The van der Waals surface area contributed by atoms with E-state index < -0.39 is 39.5 Å². The molecule has 0 spiro atoms. The zero-order valence-corrected chi connectivity index (χ0v) is 18.7. The maximum absolute atomic E-state index is 13.6. The molecule has 0 fully saturated rings. The third kappa shape index (κ3) is 5.14. The molecule has 0 aliphatic rings. The molecule has 1 unspecified atom stereocenters. The molecule has 0 amide bonds. The topological polar surface area (TPSA) is 99.3 Å². The standard InChI is InChI=1S/C23H15F3N2O4S2/c24-15-4-1-13(2-5-15)3-6-16-7-8-22(33-16)34(31,32)28-21(23(29)30)9-14-12-27-20-11-19(26)18(25)10-17(14)20/h1-2,4-5,7-8,10-12,21,27-28H,9H2,(H,29,30). The fraction of sp³-hybridized carbons (Fsp3) is 0.0870. The number of fused-ring (bicyclic) bond motifs is 1. The summed E-state index contributed by atoms with van der Waals surface area (Å²) in [5.74, 6) is 1.57. The minimum Gasteiger partial charge on any atom is -0.480 e. The number of thiophene rings is 1. The molecule has 174 valence electrons. The van der Waals surface area contributed by atoms with Crippen LogP contribution in [0.4, 0.5) is 13.2 Å². The van der Waals surface area contributed by atoms with Gasteiger partial charge in [0.25, 0.3) is 10.0 Å². The SMILES string of the molecule is O=C(O)C(Cc1c[nH]c2cc(F)c(F)cc12)NS(=O)(=O)c1ccc(C#Cc2ccc(F)cc2)s1. The number of sulfonamides is 1. The number of aromatic nitrogens is 1. The van der Waals surface area contributed by atoms with E-state index >= 15 is 0 Å². The van der Waals surface area contributed by atoms with Crippen molar-refractivity contribution in [2.24, 2.45) is 0 Å². The Morgan fingerprint density at radius 2 is 1.76 bits per heavy atom. The number of aliphatic carboxylic acids is 1. The number of benzene rings is 2. The summed E-state index contributed by atoms with van der Waals surface area (Å²) in [5, 5.41) is 9.82. The Morgan fingerprint density at radius 1 is 1.06 bits per heavy atom. The van der Waals surface area contributed by atoms with E-state index in [1.54, 1.807) is 0 Å². The smallest absolute Gasteiger partial charge is 0.322 e. The van der Waals surface area contributed by atoms with Gasteiger partial charge in [0, 0.05) is 35.2 Å². The van der Waals surface area contributed by atoms with E-state index in [0.717, 1.165) is 23.5 Å². The monoisotopic (exact) mass is 504 g/mol. The van der Waals surface area contributed by atoms with E-state index in [4.69, 9.17) is 0 Å². The molecule has 0 saturated carbocycles. The molecule has 0 bridgehead atoms. The lowest BCUT2D eigenvalue weighted by molar-refractivity contribution is -0.138. The van der Waals surface area contributed by atoms with Gasteiger partial charge < -0.3 is 10.1 Å². The van der Waals surface area contributed by atoms with Crippen LogP contribution in [-0.2, 0) is 21.2 Å². The molecule has 4 rings (SSSR count). The molecule has 34 heavy (non-hydrogen) atoms. The zero-order chi connectivity index (χ0) is 24.5. The van der Waals surface area contributed by atoms with E-state index in [1.165, 1.54) is 42.6 Å². The molecule has 11 heteroatoms. The quantitative estimate of drug-likeness (QED) is 0.346. The molecule has 4 aromatic rings. The number of halogens is 3. The Balaban J connectivity index is 1.54. The first-order chi connectivity index (χ1) is 16.1. The Kier molecular flexibility index (Phi) is 6.47. The van der Waals surface area contributed by atoms with Crippen molar-refractivity contribution in [2.45, 2.75) is 16.7 Å². The van der Waals surface area contributed by atoms with Crippen LogP contribution in [0.25, 0.3) is 10.9 Å². The molecule has 0 saturated heterocycles. The van der Waals surface area contributed by atoms with Gasteiger partial charge >= 0.3 is 5.97 Å². The second-order valence-electron chi connectivity index (χ2n) is 7.22. The maximum atomic E-state index is 13.6. The summed E-state index contributed by atoms with van der Waals surface area (Å²) in [6, 6.07) is 8.55. The van der Waals surface area contributed by atoms with Gasteiger partial charge in [-0.25, -0.2) is 21.6 Å². The first-order valence-electron chi connectivity index (χ1n) is 9.70. The molecule has 3 N–H and O–H groups in total. The number of aromatic amines is 1. The Labute approximate surface area is 196 Å². The highest BCUT2D eigenvalue weighted by atomic mass is 32.2. The summed E-state index contributed by atoms with van der Waals surface area (Å²) in [7, 11) is -4.22. The van der Waals surface area contributed by atoms with Crippen LogP contribution in [0.15, 0.2) is 58.9 Å². The maximum Gasteiger partial charge on any atom is 0.322 e. The van der Waals surface area contributed by atoms with Gasteiger partial charge in [-0.15, -0.1) is 11.3 Å². The number of carboxylic acid groups (broad SMARTS) is 1. The lowest BCUT2D eigenvalue weighted by Gasteiger charge is -2.13. The number of nitrogens with one attached hydrogen (secondary N) is 2. The lowest BCUT2D eigenvalue weighted by Crippen LogP contribution is -2.42. The predicted octanol–water partition coefficient (Wildman–Crippen LogP) is 4.02. The van der Waals surface area contributed by atoms with Gasteiger partial charge in [0.05, 0.1) is 4.88 Å². The molecule has 2 aromatic carbocycles. The van der Waals surface area contributed by atoms with Crippen LogP contribution in [-0.4, -0.2) is 30.5 Å². The summed E-state index contributed by atoms with van der Waals surface area (Å²) < 4.78 is 67.6. The summed E-state index contributed by atoms with van der Waals surface area (Å²) in [4.78, 5) is 14.9. The second kappa shape index (κ2) is 9.34. The van der Waals surface area contributed by atoms with Crippen LogP contribution in [0.5, 0.6) is 0 Å². The lowest BCUT2D eigenvalue weighted by atomic mass is 10.1. The normalized spacial score (nSPS) is 12.3. The zero-order valence-electron chi connectivity index (χ0n) is 17.1. The van der Waals surface area contributed by atoms with Gasteiger partial charge in [-0.1, -0.05) is 11.8 Å². The van der Waals surface area contributed by atoms with Crippen LogP contribution in [0.2, 0.25) is 0 Å². The van der Waals surface area contributed by atoms with Crippen LogP contribution >= 0.6 is 11.3 Å². The average Bonchev–Trinajstić information content (AvgIpc) is 3.41. The first kappa shape index (κ1) is 23.6. The molecule has 2 heterocycles. The number of hydrogen-bond acceptors (Lipinski definition) is 4. The number of H-pyrrole nitrogens is 1. The van der Waals surface area contributed by atoms with Gasteiger partial charge in [0.2, 0.25) is 0 Å². The van der Waals surface area contributed by atoms with E-state index in [9.17, 15) is 31.5 Å². The van der Waals surface area contributed by atoms with Gasteiger partial charge in [0.1, 0.15) is 16.1 Å². The summed E-state index contributed by atoms with van der Waals surface area (Å²) in [6.45, 7) is 0. The van der Waals surface area contributed by atoms with Crippen molar-refractivity contribution in [3.05, 3.63) is 88.2 Å². The third-order valence-corrected chi connectivity index (χ3v) is 7.81. The molecule has 6 nitrogen and oxygen atoms in total. The molecular formula is C23H15F3N2O4S2. The van der Waals surface area contributed by atoms with E-state index in [1.807, 2.05) is 0 Å². The van der Waals surface area contributed by atoms with Crippen molar-refractivity contribution in [1.82, 2.24) is 9.71 Å². The number of hydrogen-bond donors (Lipinski definition) is 3. The summed E-state index contributed by atoms with van der Waals surface area (Å²) >= 11 is 0.841. The summed E-state index contributed by atoms with van der Waals surface area (Å²) in [5.41, 5.74) is 1.10. The third-order valence-electron chi connectivity index (χ3n) is 4.85. The van der Waals surface area contributed by atoms with Crippen LogP contribution in [0.1, 0.15) is 16.0 Å². The second-order valence-corrected chi connectivity index (χ2v) is 10.2. The van der Waals surface area contributed by atoms with Gasteiger partial charge in [-0.3, -0.25) is 4.79 Å². The highest BCUT2D eigenvalue weighted by Gasteiger charge is 2.28. The van der Waals surface area contributed by atoms with Crippen LogP contribution < -0.4 is 4.72 Å². The number of carboxylic acids is 1. The molecule has 2 aromatic heterocycles. The highest BCUT2D eigenvalue weighted by Crippen LogP contribution is 2.25. The largest absolute Gasteiger partial charge is 0.480 e. The molecule has 0 aliphatic heterocycles. The Hall–Kier alpha value is -3.59. The van der Waals surface area contributed by atoms with Crippen molar-refractivity contribution < 1.29 is 31.5 Å². The fourth-order valence-electron chi connectivity index (χ4n) is 3.19. The fourth-order valence-corrected chi connectivity index (χ4v) is 5.55. The minimum atomic E-state index is -4.22. The average molecular weight is 505 g/mol. The van der Waals surface area contributed by atoms with E-state index in [2.05, 4.69) is 21.5 Å². The molecule has 1 atom stereocenters. The Morgan fingerprint density at radius 3 is 2.47 bits per heavy atom. The highest BCUT2D eigenvalue weighted by molar-refractivity contribution is 7.91. The molecule has 0 aliphatic carbocycles. The van der Waals surface area contributed by atoms with Crippen molar-refractivity contribution in [3.63, 3.8) is 0 Å². The van der Waals surface area contributed by atoms with E-state index in [-0.39, 0.29) is 21.5 Å². The van der Waals surface area contributed by atoms with Crippen molar-refractivity contribution in [3.8, 4) is 11.8 Å². The number of rotatable bonds is 6.